The van der Waals surface area contributed by atoms with Crippen LogP contribution in [0.3, 0.4) is 0 Å². The molecule has 0 bridgehead atoms. The SMILES string of the molecule is CC1CCC(NC(=O)c2ccc([N+](=O)[O-])s2)CC1. The Hall–Kier alpha value is -1.43. The summed E-state index contributed by atoms with van der Waals surface area (Å²) in [6.07, 6.45) is 4.27. The second-order valence-electron chi connectivity index (χ2n) is 4.83. The average molecular weight is 268 g/mol. The fourth-order valence-electron chi connectivity index (χ4n) is 2.21. The standard InChI is InChI=1S/C12H16N2O3S/c1-8-2-4-9(5-3-8)13-12(15)10-6-7-11(18-10)14(16)17/h6-9H,2-5H2,1H3,(H,13,15). The fourth-order valence-corrected chi connectivity index (χ4v) is 2.93. The molecule has 1 amide bonds. The molecule has 6 heteroatoms. The Balaban J connectivity index is 1.93. The highest BCUT2D eigenvalue weighted by atomic mass is 32.1. The molecule has 0 spiro atoms. The molecule has 1 aromatic rings. The van der Waals surface area contributed by atoms with Gasteiger partial charge in [0.1, 0.15) is 0 Å². The lowest BCUT2D eigenvalue weighted by molar-refractivity contribution is -0.380. The van der Waals surface area contributed by atoms with E-state index in [0.717, 1.165) is 42.9 Å². The molecule has 98 valence electrons. The van der Waals surface area contributed by atoms with Gasteiger partial charge in [0.2, 0.25) is 0 Å². The molecular weight excluding hydrogens is 252 g/mol. The quantitative estimate of drug-likeness (QED) is 0.676. The van der Waals surface area contributed by atoms with Crippen LogP contribution in [0.1, 0.15) is 42.3 Å². The molecule has 2 rings (SSSR count). The predicted octanol–water partition coefficient (Wildman–Crippen LogP) is 2.96. The van der Waals surface area contributed by atoms with E-state index in [-0.39, 0.29) is 17.0 Å². The number of nitrogens with one attached hydrogen (secondary N) is 1. The van der Waals surface area contributed by atoms with Crippen molar-refractivity contribution in [2.45, 2.75) is 38.6 Å². The molecule has 0 unspecified atom stereocenters. The lowest BCUT2D eigenvalue weighted by Gasteiger charge is -2.26. The lowest BCUT2D eigenvalue weighted by Crippen LogP contribution is -2.36. The summed E-state index contributed by atoms with van der Waals surface area (Å²) in [5.41, 5.74) is 0. The van der Waals surface area contributed by atoms with E-state index >= 15 is 0 Å². The van der Waals surface area contributed by atoms with Crippen molar-refractivity contribution >= 4 is 22.2 Å². The molecule has 1 N–H and O–H groups in total. The first kappa shape index (κ1) is 13.0. The van der Waals surface area contributed by atoms with Crippen LogP contribution in [0.4, 0.5) is 5.00 Å². The van der Waals surface area contributed by atoms with Crippen molar-refractivity contribution in [1.82, 2.24) is 5.32 Å². The lowest BCUT2D eigenvalue weighted by atomic mass is 9.87. The van der Waals surface area contributed by atoms with E-state index in [2.05, 4.69) is 12.2 Å². The monoisotopic (exact) mass is 268 g/mol. The molecule has 1 saturated carbocycles. The number of nitro groups is 1. The zero-order chi connectivity index (χ0) is 13.1. The van der Waals surface area contributed by atoms with Crippen LogP contribution in [0.25, 0.3) is 0 Å². The smallest absolute Gasteiger partial charge is 0.324 e. The molecule has 1 heterocycles. The number of rotatable bonds is 3. The van der Waals surface area contributed by atoms with E-state index in [4.69, 9.17) is 0 Å². The van der Waals surface area contributed by atoms with Crippen molar-refractivity contribution in [2.24, 2.45) is 5.92 Å². The van der Waals surface area contributed by atoms with Gasteiger partial charge in [-0.1, -0.05) is 18.3 Å². The van der Waals surface area contributed by atoms with E-state index in [1.807, 2.05) is 0 Å². The van der Waals surface area contributed by atoms with Gasteiger partial charge in [0.25, 0.3) is 5.91 Å². The molecule has 0 atom stereocenters. The highest BCUT2D eigenvalue weighted by molar-refractivity contribution is 7.17. The summed E-state index contributed by atoms with van der Waals surface area (Å²) >= 11 is 0.927. The van der Waals surface area contributed by atoms with Gasteiger partial charge in [-0.3, -0.25) is 14.9 Å². The summed E-state index contributed by atoms with van der Waals surface area (Å²) in [6, 6.07) is 3.11. The number of carbonyl (C=O) groups is 1. The molecule has 1 aliphatic rings. The number of thiophene rings is 1. The van der Waals surface area contributed by atoms with Gasteiger partial charge >= 0.3 is 5.00 Å². The van der Waals surface area contributed by atoms with Crippen LogP contribution in [-0.2, 0) is 0 Å². The third kappa shape index (κ3) is 3.07. The minimum absolute atomic E-state index is 0.0115. The third-order valence-corrected chi connectivity index (χ3v) is 4.38. The maximum atomic E-state index is 11.9. The van der Waals surface area contributed by atoms with E-state index < -0.39 is 4.92 Å². The second kappa shape index (κ2) is 5.48. The molecule has 18 heavy (non-hydrogen) atoms. The van der Waals surface area contributed by atoms with E-state index in [1.165, 1.54) is 12.1 Å². The van der Waals surface area contributed by atoms with Crippen LogP contribution in [-0.4, -0.2) is 16.9 Å². The Morgan fingerprint density at radius 1 is 1.39 bits per heavy atom. The van der Waals surface area contributed by atoms with Crippen LogP contribution < -0.4 is 5.32 Å². The van der Waals surface area contributed by atoms with Gasteiger partial charge < -0.3 is 5.32 Å². The first-order valence-corrected chi connectivity index (χ1v) is 6.93. The molecule has 0 aliphatic heterocycles. The molecule has 1 aliphatic carbocycles. The predicted molar refractivity (Wildman–Crippen MR) is 69.9 cm³/mol. The second-order valence-corrected chi connectivity index (χ2v) is 5.89. The minimum Gasteiger partial charge on any atom is -0.349 e. The Bertz CT molecular complexity index is 450. The number of amides is 1. The highest BCUT2D eigenvalue weighted by Crippen LogP contribution is 2.26. The summed E-state index contributed by atoms with van der Waals surface area (Å²) in [4.78, 5) is 22.4. The van der Waals surface area contributed by atoms with Crippen LogP contribution in [0.2, 0.25) is 0 Å². The van der Waals surface area contributed by atoms with Crippen LogP contribution in [0.5, 0.6) is 0 Å². The number of carbonyl (C=O) groups excluding carboxylic acids is 1. The molecule has 0 radical (unpaired) electrons. The van der Waals surface area contributed by atoms with Gasteiger partial charge in [-0.2, -0.15) is 0 Å². The first-order valence-electron chi connectivity index (χ1n) is 6.11. The Labute approximate surface area is 109 Å². The summed E-state index contributed by atoms with van der Waals surface area (Å²) in [7, 11) is 0. The number of nitrogens with zero attached hydrogens (tertiary/aromatic N) is 1. The molecule has 0 aromatic carbocycles. The number of hydrogen-bond donors (Lipinski definition) is 1. The molecular formula is C12H16N2O3S. The largest absolute Gasteiger partial charge is 0.349 e. The van der Waals surface area contributed by atoms with Crippen molar-refractivity contribution < 1.29 is 9.72 Å². The van der Waals surface area contributed by atoms with Crippen LogP contribution in [0.15, 0.2) is 12.1 Å². The topological polar surface area (TPSA) is 72.2 Å². The average Bonchev–Trinajstić information content (AvgIpc) is 2.81. The van der Waals surface area contributed by atoms with Gasteiger partial charge in [-0.05, 0) is 37.7 Å². The van der Waals surface area contributed by atoms with E-state index in [0.29, 0.717) is 4.88 Å². The van der Waals surface area contributed by atoms with Gasteiger partial charge in [-0.25, -0.2) is 0 Å². The fraction of sp³-hybridized carbons (Fsp3) is 0.583. The minimum atomic E-state index is -0.469. The van der Waals surface area contributed by atoms with Crippen molar-refractivity contribution in [3.63, 3.8) is 0 Å². The van der Waals surface area contributed by atoms with Crippen molar-refractivity contribution in [3.8, 4) is 0 Å². The van der Waals surface area contributed by atoms with Crippen molar-refractivity contribution in [3.05, 3.63) is 27.1 Å². The summed E-state index contributed by atoms with van der Waals surface area (Å²) in [5.74, 6) is 0.550. The van der Waals surface area contributed by atoms with Crippen molar-refractivity contribution in [1.29, 1.82) is 0 Å². The summed E-state index contributed by atoms with van der Waals surface area (Å²) in [6.45, 7) is 2.22. The van der Waals surface area contributed by atoms with E-state index in [1.54, 1.807) is 0 Å². The Morgan fingerprint density at radius 3 is 2.61 bits per heavy atom. The maximum absolute atomic E-state index is 11.9. The molecule has 5 nitrogen and oxygen atoms in total. The normalized spacial score (nSPS) is 23.6. The van der Waals surface area contributed by atoms with Gasteiger partial charge in [0.15, 0.2) is 0 Å². The Kier molecular flexibility index (Phi) is 3.96. The van der Waals surface area contributed by atoms with Crippen LogP contribution in [0, 0.1) is 16.0 Å². The van der Waals surface area contributed by atoms with Crippen LogP contribution >= 0.6 is 11.3 Å². The first-order chi connectivity index (χ1) is 8.56. The molecule has 0 saturated heterocycles. The zero-order valence-corrected chi connectivity index (χ0v) is 11.0. The molecule has 1 aromatic heterocycles. The summed E-state index contributed by atoms with van der Waals surface area (Å²) < 4.78 is 0. The van der Waals surface area contributed by atoms with Crippen molar-refractivity contribution in [2.75, 3.05) is 0 Å². The zero-order valence-electron chi connectivity index (χ0n) is 10.2. The summed E-state index contributed by atoms with van der Waals surface area (Å²) in [5, 5.41) is 13.5. The highest BCUT2D eigenvalue weighted by Gasteiger charge is 2.22. The maximum Gasteiger partial charge on any atom is 0.324 e. The third-order valence-electron chi connectivity index (χ3n) is 3.35. The number of hydrogen-bond acceptors (Lipinski definition) is 4. The van der Waals surface area contributed by atoms with Gasteiger partial charge in [0.05, 0.1) is 9.80 Å². The van der Waals surface area contributed by atoms with Gasteiger partial charge in [0, 0.05) is 12.1 Å². The van der Waals surface area contributed by atoms with Gasteiger partial charge in [-0.15, -0.1) is 0 Å². The Morgan fingerprint density at radius 2 is 2.06 bits per heavy atom. The molecule has 1 fully saturated rings. The van der Waals surface area contributed by atoms with E-state index in [9.17, 15) is 14.9 Å².